The summed E-state index contributed by atoms with van der Waals surface area (Å²) in [5.74, 6) is -1.28. The van der Waals surface area contributed by atoms with E-state index in [4.69, 9.17) is 10.8 Å². The normalized spacial score (nSPS) is 13.8. The van der Waals surface area contributed by atoms with Crippen LogP contribution in [-0.2, 0) is 10.4 Å². The molecule has 0 spiro atoms. The van der Waals surface area contributed by atoms with Crippen LogP contribution in [0.2, 0.25) is 0 Å². The van der Waals surface area contributed by atoms with Gasteiger partial charge in [-0.05, 0) is 24.1 Å². The van der Waals surface area contributed by atoms with E-state index in [2.05, 4.69) is 0 Å². The van der Waals surface area contributed by atoms with Crippen LogP contribution in [0.15, 0.2) is 48.5 Å². The molecule has 0 saturated carbocycles. The molecule has 0 heterocycles. The zero-order chi connectivity index (χ0) is 14.0. The van der Waals surface area contributed by atoms with E-state index in [1.165, 1.54) is 6.92 Å². The molecule has 0 aliphatic carbocycles. The lowest BCUT2D eigenvalue weighted by Crippen LogP contribution is -2.31. The number of nitrogen functional groups attached to an aromatic ring is 1. The molecule has 4 nitrogen and oxygen atoms in total. The number of carboxylic acid groups (broad SMARTS) is 1. The van der Waals surface area contributed by atoms with Gasteiger partial charge in [-0.1, -0.05) is 42.5 Å². The molecule has 2 rings (SSSR count). The Morgan fingerprint density at radius 3 is 2.21 bits per heavy atom. The third kappa shape index (κ3) is 2.44. The summed E-state index contributed by atoms with van der Waals surface area (Å²) in [4.78, 5) is 11.0. The Morgan fingerprint density at radius 1 is 1.11 bits per heavy atom. The van der Waals surface area contributed by atoms with Crippen molar-refractivity contribution in [1.29, 1.82) is 0 Å². The Balaban J connectivity index is 2.40. The van der Waals surface area contributed by atoms with Gasteiger partial charge in [0.1, 0.15) is 0 Å². The molecular formula is C15H15NO3. The van der Waals surface area contributed by atoms with Gasteiger partial charge in [-0.2, -0.15) is 0 Å². The molecule has 0 radical (unpaired) electrons. The van der Waals surface area contributed by atoms with Crippen molar-refractivity contribution in [3.05, 3.63) is 54.1 Å². The van der Waals surface area contributed by atoms with Gasteiger partial charge in [0.2, 0.25) is 0 Å². The van der Waals surface area contributed by atoms with Crippen LogP contribution in [0.25, 0.3) is 11.1 Å². The Labute approximate surface area is 111 Å². The van der Waals surface area contributed by atoms with Crippen LogP contribution in [0.5, 0.6) is 0 Å². The highest BCUT2D eigenvalue weighted by molar-refractivity contribution is 5.80. The van der Waals surface area contributed by atoms with Crippen molar-refractivity contribution in [1.82, 2.24) is 0 Å². The molecule has 0 aliphatic rings. The summed E-state index contributed by atoms with van der Waals surface area (Å²) in [5, 5.41) is 18.8. The number of carboxylic acids is 1. The van der Waals surface area contributed by atoms with Crippen LogP contribution >= 0.6 is 0 Å². The molecule has 0 fully saturated rings. The van der Waals surface area contributed by atoms with Gasteiger partial charge in [-0.15, -0.1) is 0 Å². The maximum absolute atomic E-state index is 11.0. The number of benzene rings is 2. The Kier molecular flexibility index (Phi) is 3.27. The minimum absolute atomic E-state index is 0.332. The fourth-order valence-electron chi connectivity index (χ4n) is 1.86. The van der Waals surface area contributed by atoms with Crippen LogP contribution in [-0.4, -0.2) is 16.2 Å². The monoisotopic (exact) mass is 257 g/mol. The number of anilines is 1. The van der Waals surface area contributed by atoms with E-state index >= 15 is 0 Å². The first-order valence-corrected chi connectivity index (χ1v) is 5.84. The number of hydrogen-bond acceptors (Lipinski definition) is 3. The summed E-state index contributed by atoms with van der Waals surface area (Å²) < 4.78 is 0. The molecule has 1 unspecified atom stereocenters. The van der Waals surface area contributed by atoms with Crippen molar-refractivity contribution in [2.24, 2.45) is 0 Å². The maximum Gasteiger partial charge on any atom is 0.340 e. The fraction of sp³-hybridized carbons (Fsp3) is 0.133. The van der Waals surface area contributed by atoms with Gasteiger partial charge in [-0.25, -0.2) is 4.79 Å². The van der Waals surface area contributed by atoms with E-state index in [1.54, 1.807) is 30.3 Å². The van der Waals surface area contributed by atoms with E-state index in [-0.39, 0.29) is 0 Å². The summed E-state index contributed by atoms with van der Waals surface area (Å²) in [6.07, 6.45) is 0. The van der Waals surface area contributed by atoms with Crippen LogP contribution < -0.4 is 5.73 Å². The molecule has 0 aliphatic heterocycles. The molecule has 2 aromatic rings. The lowest BCUT2D eigenvalue weighted by Gasteiger charge is -2.18. The molecule has 0 aromatic heterocycles. The topological polar surface area (TPSA) is 83.5 Å². The number of hydrogen-bond donors (Lipinski definition) is 3. The minimum atomic E-state index is -1.89. The molecule has 4 heteroatoms. The first-order chi connectivity index (χ1) is 8.93. The Morgan fingerprint density at radius 2 is 1.68 bits per heavy atom. The highest BCUT2D eigenvalue weighted by Gasteiger charge is 2.31. The number of aliphatic hydroxyl groups is 1. The van der Waals surface area contributed by atoms with E-state index in [9.17, 15) is 9.90 Å². The third-order valence-electron chi connectivity index (χ3n) is 3.14. The summed E-state index contributed by atoms with van der Waals surface area (Å²) in [6, 6.07) is 14.1. The van der Waals surface area contributed by atoms with Crippen molar-refractivity contribution in [3.8, 4) is 11.1 Å². The largest absolute Gasteiger partial charge is 0.479 e. The van der Waals surface area contributed by atoms with E-state index < -0.39 is 11.6 Å². The van der Waals surface area contributed by atoms with Crippen molar-refractivity contribution in [3.63, 3.8) is 0 Å². The molecule has 19 heavy (non-hydrogen) atoms. The van der Waals surface area contributed by atoms with Gasteiger partial charge in [0.15, 0.2) is 5.60 Å². The first-order valence-electron chi connectivity index (χ1n) is 5.84. The van der Waals surface area contributed by atoms with Gasteiger partial charge < -0.3 is 15.9 Å². The van der Waals surface area contributed by atoms with Crippen molar-refractivity contribution in [2.45, 2.75) is 12.5 Å². The van der Waals surface area contributed by atoms with E-state index in [1.807, 2.05) is 18.2 Å². The standard InChI is InChI=1S/C15H15NO3/c1-15(19,14(17)18)11-8-6-10(7-9-11)12-4-2-3-5-13(12)16/h2-9,19H,16H2,1H3,(H,17,18). The number of aliphatic carboxylic acids is 1. The molecule has 0 amide bonds. The van der Waals surface area contributed by atoms with Crippen molar-refractivity contribution < 1.29 is 15.0 Å². The van der Waals surface area contributed by atoms with E-state index in [0.717, 1.165) is 11.1 Å². The van der Waals surface area contributed by atoms with Crippen LogP contribution in [0.3, 0.4) is 0 Å². The number of rotatable bonds is 3. The van der Waals surface area contributed by atoms with Gasteiger partial charge in [0.25, 0.3) is 0 Å². The van der Waals surface area contributed by atoms with Crippen LogP contribution in [0.1, 0.15) is 12.5 Å². The minimum Gasteiger partial charge on any atom is -0.479 e. The number of nitrogens with two attached hydrogens (primary N) is 1. The highest BCUT2D eigenvalue weighted by Crippen LogP contribution is 2.28. The average molecular weight is 257 g/mol. The Hall–Kier alpha value is -2.33. The smallest absolute Gasteiger partial charge is 0.340 e. The van der Waals surface area contributed by atoms with Crippen LogP contribution in [0, 0.1) is 0 Å². The molecule has 4 N–H and O–H groups in total. The molecule has 98 valence electrons. The lowest BCUT2D eigenvalue weighted by molar-refractivity contribution is -0.157. The first kappa shape index (κ1) is 13.1. The number of para-hydroxylation sites is 1. The molecule has 0 saturated heterocycles. The van der Waals surface area contributed by atoms with Crippen molar-refractivity contribution in [2.75, 3.05) is 5.73 Å². The zero-order valence-corrected chi connectivity index (χ0v) is 10.5. The molecule has 2 aromatic carbocycles. The maximum atomic E-state index is 11.0. The summed E-state index contributed by atoms with van der Waals surface area (Å²) in [5.41, 5.74) is 6.73. The third-order valence-corrected chi connectivity index (χ3v) is 3.14. The molecular weight excluding hydrogens is 242 g/mol. The summed E-state index contributed by atoms with van der Waals surface area (Å²) in [6.45, 7) is 1.25. The number of carbonyl (C=O) groups is 1. The summed E-state index contributed by atoms with van der Waals surface area (Å²) >= 11 is 0. The average Bonchev–Trinajstić information content (AvgIpc) is 2.39. The van der Waals surface area contributed by atoms with E-state index in [0.29, 0.717) is 11.3 Å². The molecule has 1 atom stereocenters. The van der Waals surface area contributed by atoms with Gasteiger partial charge in [-0.3, -0.25) is 0 Å². The predicted octanol–water partition coefficient (Wildman–Crippen LogP) is 2.23. The Bertz CT molecular complexity index is 603. The quantitative estimate of drug-likeness (QED) is 0.736. The lowest BCUT2D eigenvalue weighted by atomic mass is 9.93. The second-order valence-corrected chi connectivity index (χ2v) is 4.54. The second-order valence-electron chi connectivity index (χ2n) is 4.54. The second kappa shape index (κ2) is 4.74. The SMILES string of the molecule is CC(O)(C(=O)O)c1ccc(-c2ccccc2N)cc1. The van der Waals surface area contributed by atoms with Gasteiger partial charge >= 0.3 is 5.97 Å². The zero-order valence-electron chi connectivity index (χ0n) is 10.5. The predicted molar refractivity (Wildman–Crippen MR) is 73.5 cm³/mol. The fourth-order valence-corrected chi connectivity index (χ4v) is 1.86. The van der Waals surface area contributed by atoms with Gasteiger partial charge in [0.05, 0.1) is 0 Å². The van der Waals surface area contributed by atoms with Crippen LogP contribution in [0.4, 0.5) is 5.69 Å². The molecule has 0 bridgehead atoms. The van der Waals surface area contributed by atoms with Crippen molar-refractivity contribution >= 4 is 11.7 Å². The highest BCUT2D eigenvalue weighted by atomic mass is 16.4. The summed E-state index contributed by atoms with van der Waals surface area (Å²) in [7, 11) is 0. The van der Waals surface area contributed by atoms with Gasteiger partial charge in [0, 0.05) is 11.3 Å².